The summed E-state index contributed by atoms with van der Waals surface area (Å²) in [6.45, 7) is 7.34. The summed E-state index contributed by atoms with van der Waals surface area (Å²) >= 11 is 1.33. The molecule has 0 saturated heterocycles. The summed E-state index contributed by atoms with van der Waals surface area (Å²) in [5.41, 5.74) is 0.0196. The standard InChI is InChI=1S/C10H13NO3S/c1-4-14-10(13)7(3)8(12)9-11-5-6(2)15-9/h5,8,12H,3-4H2,1-2H3. The largest absolute Gasteiger partial charge is 0.463 e. The molecule has 0 bridgehead atoms. The van der Waals surface area contributed by atoms with E-state index < -0.39 is 12.1 Å². The van der Waals surface area contributed by atoms with Gasteiger partial charge in [0.2, 0.25) is 0 Å². The van der Waals surface area contributed by atoms with Gasteiger partial charge in [-0.1, -0.05) is 6.58 Å². The van der Waals surface area contributed by atoms with Crippen molar-refractivity contribution in [3.63, 3.8) is 0 Å². The number of ether oxygens (including phenoxy) is 1. The molecular formula is C10H13NO3S. The van der Waals surface area contributed by atoms with Gasteiger partial charge in [0.25, 0.3) is 0 Å². The molecule has 0 fully saturated rings. The van der Waals surface area contributed by atoms with Crippen LogP contribution in [0.5, 0.6) is 0 Å². The zero-order chi connectivity index (χ0) is 11.4. The molecule has 0 aliphatic carbocycles. The number of esters is 1. The number of aromatic nitrogens is 1. The van der Waals surface area contributed by atoms with Crippen molar-refractivity contribution in [2.75, 3.05) is 6.61 Å². The Hall–Kier alpha value is -1.20. The van der Waals surface area contributed by atoms with E-state index in [1.165, 1.54) is 11.3 Å². The summed E-state index contributed by atoms with van der Waals surface area (Å²) in [4.78, 5) is 16.2. The van der Waals surface area contributed by atoms with E-state index in [0.29, 0.717) is 5.01 Å². The molecule has 15 heavy (non-hydrogen) atoms. The van der Waals surface area contributed by atoms with Crippen molar-refractivity contribution in [1.82, 2.24) is 4.98 Å². The minimum Gasteiger partial charge on any atom is -0.463 e. The second kappa shape index (κ2) is 5.04. The highest BCUT2D eigenvalue weighted by Crippen LogP contribution is 2.25. The molecule has 1 heterocycles. The van der Waals surface area contributed by atoms with Crippen LogP contribution in [0, 0.1) is 6.92 Å². The molecule has 1 unspecified atom stereocenters. The number of hydrogen-bond acceptors (Lipinski definition) is 5. The number of aliphatic hydroxyl groups is 1. The molecule has 1 aromatic heterocycles. The molecule has 1 N–H and O–H groups in total. The molecule has 1 aromatic rings. The predicted molar refractivity (Wildman–Crippen MR) is 57.6 cm³/mol. The van der Waals surface area contributed by atoms with E-state index in [0.717, 1.165) is 4.88 Å². The molecule has 82 valence electrons. The Kier molecular flexibility index (Phi) is 3.99. The fraction of sp³-hybridized carbons (Fsp3) is 0.400. The van der Waals surface area contributed by atoms with Gasteiger partial charge in [-0.15, -0.1) is 11.3 Å². The summed E-state index contributed by atoms with van der Waals surface area (Å²) in [7, 11) is 0. The molecule has 1 rings (SSSR count). The molecule has 4 nitrogen and oxygen atoms in total. The Morgan fingerprint density at radius 3 is 2.93 bits per heavy atom. The van der Waals surface area contributed by atoms with E-state index >= 15 is 0 Å². The van der Waals surface area contributed by atoms with Gasteiger partial charge in [0, 0.05) is 11.1 Å². The quantitative estimate of drug-likeness (QED) is 0.627. The second-order valence-electron chi connectivity index (χ2n) is 2.96. The topological polar surface area (TPSA) is 59.4 Å². The van der Waals surface area contributed by atoms with E-state index in [1.54, 1.807) is 13.1 Å². The van der Waals surface area contributed by atoms with Crippen LogP contribution in [0.1, 0.15) is 22.9 Å². The van der Waals surface area contributed by atoms with Crippen molar-refractivity contribution in [2.24, 2.45) is 0 Å². The van der Waals surface area contributed by atoms with Gasteiger partial charge >= 0.3 is 5.97 Å². The van der Waals surface area contributed by atoms with E-state index in [-0.39, 0.29) is 12.2 Å². The highest BCUT2D eigenvalue weighted by atomic mass is 32.1. The van der Waals surface area contributed by atoms with Crippen LogP contribution in [0.2, 0.25) is 0 Å². The number of hydrogen-bond donors (Lipinski definition) is 1. The lowest BCUT2D eigenvalue weighted by molar-refractivity contribution is -0.139. The highest BCUT2D eigenvalue weighted by Gasteiger charge is 2.21. The van der Waals surface area contributed by atoms with Gasteiger partial charge in [0.05, 0.1) is 12.2 Å². The Labute approximate surface area is 92.2 Å². The minimum atomic E-state index is -1.07. The molecule has 5 heteroatoms. The van der Waals surface area contributed by atoms with E-state index in [2.05, 4.69) is 11.6 Å². The lowest BCUT2D eigenvalue weighted by atomic mass is 10.2. The molecule has 0 spiro atoms. The molecule has 0 saturated carbocycles. The van der Waals surface area contributed by atoms with E-state index in [1.807, 2.05) is 6.92 Å². The second-order valence-corrected chi connectivity index (χ2v) is 4.22. The summed E-state index contributed by atoms with van der Waals surface area (Å²) in [5.74, 6) is -0.585. The number of aliphatic hydroxyl groups excluding tert-OH is 1. The smallest absolute Gasteiger partial charge is 0.336 e. The Morgan fingerprint density at radius 2 is 2.47 bits per heavy atom. The van der Waals surface area contributed by atoms with Crippen molar-refractivity contribution < 1.29 is 14.6 Å². The third kappa shape index (κ3) is 2.87. The Bertz CT molecular complexity index is 372. The van der Waals surface area contributed by atoms with Crippen LogP contribution >= 0.6 is 11.3 Å². The fourth-order valence-corrected chi connectivity index (χ4v) is 1.78. The van der Waals surface area contributed by atoms with Crippen LogP contribution in [0.4, 0.5) is 0 Å². The van der Waals surface area contributed by atoms with Crippen molar-refractivity contribution in [3.05, 3.63) is 28.2 Å². The highest BCUT2D eigenvalue weighted by molar-refractivity contribution is 7.11. The molecule has 0 amide bonds. The van der Waals surface area contributed by atoms with Crippen molar-refractivity contribution >= 4 is 17.3 Å². The molecule has 0 aliphatic rings. The van der Waals surface area contributed by atoms with Crippen molar-refractivity contribution in [1.29, 1.82) is 0 Å². The van der Waals surface area contributed by atoms with Crippen LogP contribution in [-0.4, -0.2) is 22.7 Å². The molecule has 0 radical (unpaired) electrons. The summed E-state index contributed by atoms with van der Waals surface area (Å²) in [6, 6.07) is 0. The monoisotopic (exact) mass is 227 g/mol. The minimum absolute atomic E-state index is 0.0196. The average molecular weight is 227 g/mol. The van der Waals surface area contributed by atoms with Gasteiger partial charge in [-0.3, -0.25) is 0 Å². The first-order valence-corrected chi connectivity index (χ1v) is 5.34. The van der Waals surface area contributed by atoms with Gasteiger partial charge in [-0.05, 0) is 13.8 Å². The Balaban J connectivity index is 2.72. The summed E-state index contributed by atoms with van der Waals surface area (Å²) in [6.07, 6.45) is 0.574. The maximum atomic E-state index is 11.3. The number of nitrogens with zero attached hydrogens (tertiary/aromatic N) is 1. The number of thiazole rings is 1. The maximum absolute atomic E-state index is 11.3. The van der Waals surface area contributed by atoms with Gasteiger partial charge < -0.3 is 9.84 Å². The first kappa shape index (κ1) is 11.9. The van der Waals surface area contributed by atoms with Crippen LogP contribution in [-0.2, 0) is 9.53 Å². The summed E-state index contributed by atoms with van der Waals surface area (Å²) < 4.78 is 4.73. The van der Waals surface area contributed by atoms with E-state index in [4.69, 9.17) is 4.74 Å². The number of rotatable bonds is 4. The zero-order valence-corrected chi connectivity index (χ0v) is 9.50. The fourth-order valence-electron chi connectivity index (χ4n) is 0.983. The number of aryl methyl sites for hydroxylation is 1. The first-order valence-electron chi connectivity index (χ1n) is 4.52. The van der Waals surface area contributed by atoms with Crippen LogP contribution in [0.3, 0.4) is 0 Å². The lowest BCUT2D eigenvalue weighted by Gasteiger charge is -2.09. The van der Waals surface area contributed by atoms with Crippen molar-refractivity contribution in [2.45, 2.75) is 20.0 Å². The normalized spacial score (nSPS) is 12.2. The molecule has 1 atom stereocenters. The number of carbonyl (C=O) groups is 1. The lowest BCUT2D eigenvalue weighted by Crippen LogP contribution is -2.13. The predicted octanol–water partition coefficient (Wildman–Crippen LogP) is 1.60. The molecule has 0 aliphatic heterocycles. The third-order valence-corrected chi connectivity index (χ3v) is 2.71. The van der Waals surface area contributed by atoms with Crippen LogP contribution in [0.15, 0.2) is 18.3 Å². The van der Waals surface area contributed by atoms with Gasteiger partial charge in [-0.2, -0.15) is 0 Å². The van der Waals surface area contributed by atoms with Crippen LogP contribution < -0.4 is 0 Å². The summed E-state index contributed by atoms with van der Waals surface area (Å²) in [5, 5.41) is 10.2. The average Bonchev–Trinajstić information content (AvgIpc) is 2.63. The third-order valence-electron chi connectivity index (χ3n) is 1.74. The van der Waals surface area contributed by atoms with Gasteiger partial charge in [-0.25, -0.2) is 9.78 Å². The first-order chi connectivity index (χ1) is 7.06. The van der Waals surface area contributed by atoms with Gasteiger partial charge in [0.1, 0.15) is 11.1 Å². The molecule has 0 aromatic carbocycles. The Morgan fingerprint density at radius 1 is 1.80 bits per heavy atom. The number of carbonyl (C=O) groups excluding carboxylic acids is 1. The maximum Gasteiger partial charge on any atom is 0.336 e. The van der Waals surface area contributed by atoms with E-state index in [9.17, 15) is 9.90 Å². The van der Waals surface area contributed by atoms with Gasteiger partial charge in [0.15, 0.2) is 0 Å². The zero-order valence-electron chi connectivity index (χ0n) is 8.69. The molecular weight excluding hydrogens is 214 g/mol. The SMILES string of the molecule is C=C(C(=O)OCC)C(O)c1ncc(C)s1. The van der Waals surface area contributed by atoms with Crippen LogP contribution in [0.25, 0.3) is 0 Å². The van der Waals surface area contributed by atoms with Crippen molar-refractivity contribution in [3.8, 4) is 0 Å².